The number of thiophene rings is 1. The van der Waals surface area contributed by atoms with Crippen molar-refractivity contribution in [3.8, 4) is 22.3 Å². The smallest absolute Gasteiger partial charge is 0.0727 e. The second-order valence-corrected chi connectivity index (χ2v) is 11.6. The van der Waals surface area contributed by atoms with Crippen LogP contribution in [0.1, 0.15) is 22.3 Å². The van der Waals surface area contributed by atoms with E-state index < -0.39 is 5.41 Å². The quantitative estimate of drug-likeness (QED) is 0.211. The van der Waals surface area contributed by atoms with Gasteiger partial charge in [0, 0.05) is 30.8 Å². The molecule has 39 heavy (non-hydrogen) atoms. The Hall–Kier alpha value is -4.17. The molecule has 0 radical (unpaired) electrons. The molecular formula is C37H23ClS. The maximum absolute atomic E-state index is 6.83. The van der Waals surface area contributed by atoms with Crippen LogP contribution in [-0.2, 0) is 5.41 Å². The van der Waals surface area contributed by atoms with Gasteiger partial charge in [0.05, 0.1) is 5.41 Å². The highest BCUT2D eigenvalue weighted by molar-refractivity contribution is 7.26. The molecule has 0 N–H and O–H groups in total. The first kappa shape index (κ1) is 22.8. The van der Waals surface area contributed by atoms with Gasteiger partial charge in [-0.15, -0.1) is 11.3 Å². The minimum Gasteiger partial charge on any atom is -0.135 e. The molecule has 0 fully saturated rings. The van der Waals surface area contributed by atoms with E-state index in [-0.39, 0.29) is 0 Å². The zero-order chi connectivity index (χ0) is 26.0. The van der Waals surface area contributed by atoms with Crippen molar-refractivity contribution >= 4 is 43.1 Å². The molecule has 2 heteroatoms. The van der Waals surface area contributed by atoms with Crippen molar-refractivity contribution < 1.29 is 0 Å². The topological polar surface area (TPSA) is 0 Å². The Labute approximate surface area is 236 Å². The summed E-state index contributed by atoms with van der Waals surface area (Å²) < 4.78 is 2.62. The van der Waals surface area contributed by atoms with E-state index in [9.17, 15) is 0 Å². The van der Waals surface area contributed by atoms with E-state index in [4.69, 9.17) is 11.6 Å². The second-order valence-electron chi connectivity index (χ2n) is 10.2. The van der Waals surface area contributed by atoms with Crippen LogP contribution in [0.5, 0.6) is 0 Å². The average Bonchev–Trinajstić information content (AvgIpc) is 3.52. The number of benzene rings is 6. The molecule has 0 nitrogen and oxygen atoms in total. The number of hydrogen-bond acceptors (Lipinski definition) is 1. The molecule has 1 aliphatic carbocycles. The highest BCUT2D eigenvalue weighted by Gasteiger charge is 2.47. The van der Waals surface area contributed by atoms with Crippen LogP contribution in [0.4, 0.5) is 0 Å². The lowest BCUT2D eigenvalue weighted by Crippen LogP contribution is -2.28. The van der Waals surface area contributed by atoms with Gasteiger partial charge >= 0.3 is 0 Å². The molecule has 184 valence electrons. The van der Waals surface area contributed by atoms with Gasteiger partial charge in [-0.3, -0.25) is 0 Å². The summed E-state index contributed by atoms with van der Waals surface area (Å²) in [5.74, 6) is 0. The molecule has 8 rings (SSSR count). The van der Waals surface area contributed by atoms with E-state index in [1.165, 1.54) is 53.6 Å². The van der Waals surface area contributed by atoms with Crippen molar-refractivity contribution in [2.45, 2.75) is 5.41 Å². The molecule has 7 aromatic rings. The van der Waals surface area contributed by atoms with E-state index in [1.54, 1.807) is 0 Å². The molecule has 1 heterocycles. The van der Waals surface area contributed by atoms with Crippen LogP contribution < -0.4 is 0 Å². The highest BCUT2D eigenvalue weighted by Crippen LogP contribution is 2.58. The average molecular weight is 535 g/mol. The Morgan fingerprint density at radius 2 is 1.08 bits per heavy atom. The van der Waals surface area contributed by atoms with Gasteiger partial charge in [-0.1, -0.05) is 127 Å². The largest absolute Gasteiger partial charge is 0.135 e. The van der Waals surface area contributed by atoms with Crippen LogP contribution in [0, 0.1) is 0 Å². The van der Waals surface area contributed by atoms with E-state index in [0.29, 0.717) is 0 Å². The molecule has 0 unspecified atom stereocenters. The standard InChI is InChI=1S/C37H23ClS/c38-34-20-10-6-14-26(34)24-22-30-29-17-7-11-21-35(29)39-36(30)33(23-24)37(25-12-2-1-3-13-25)31-18-8-4-15-27(31)28-16-5-9-19-32(28)37/h1-23H. The van der Waals surface area contributed by atoms with Gasteiger partial charge in [0.2, 0.25) is 0 Å². The molecule has 1 aliphatic rings. The van der Waals surface area contributed by atoms with Gasteiger partial charge in [-0.2, -0.15) is 0 Å². The number of hydrogen-bond donors (Lipinski definition) is 0. The summed E-state index contributed by atoms with van der Waals surface area (Å²) in [4.78, 5) is 0. The lowest BCUT2D eigenvalue weighted by Gasteiger charge is -2.34. The summed E-state index contributed by atoms with van der Waals surface area (Å²) in [7, 11) is 0. The summed E-state index contributed by atoms with van der Waals surface area (Å²) in [6, 6.07) is 50.6. The Morgan fingerprint density at radius 1 is 0.487 bits per heavy atom. The molecule has 0 amide bonds. The van der Waals surface area contributed by atoms with Crippen molar-refractivity contribution in [3.05, 3.63) is 167 Å². The molecule has 0 bridgehead atoms. The first-order valence-corrected chi connectivity index (χ1v) is 14.4. The summed E-state index contributed by atoms with van der Waals surface area (Å²) >= 11 is 8.72. The minimum atomic E-state index is -0.467. The lowest BCUT2D eigenvalue weighted by atomic mass is 9.67. The zero-order valence-electron chi connectivity index (χ0n) is 21.1. The third kappa shape index (κ3) is 3.18. The maximum Gasteiger partial charge on any atom is 0.0727 e. The Balaban J connectivity index is 1.61. The van der Waals surface area contributed by atoms with Crippen molar-refractivity contribution in [1.29, 1.82) is 0 Å². The molecule has 0 atom stereocenters. The predicted octanol–water partition coefficient (Wildman–Crippen LogP) is 10.7. The summed E-state index contributed by atoms with van der Waals surface area (Å²) in [6.07, 6.45) is 0. The third-order valence-corrected chi connectivity index (χ3v) is 9.78. The fourth-order valence-electron chi connectivity index (χ4n) is 6.64. The summed E-state index contributed by atoms with van der Waals surface area (Å²) in [5, 5.41) is 3.33. The predicted molar refractivity (Wildman–Crippen MR) is 167 cm³/mol. The monoisotopic (exact) mass is 534 g/mol. The van der Waals surface area contributed by atoms with E-state index in [1.807, 2.05) is 23.5 Å². The number of rotatable bonds is 3. The first-order chi connectivity index (χ1) is 19.3. The molecule has 6 aromatic carbocycles. The third-order valence-electron chi connectivity index (χ3n) is 8.23. The van der Waals surface area contributed by atoms with Crippen molar-refractivity contribution in [3.63, 3.8) is 0 Å². The van der Waals surface area contributed by atoms with Gasteiger partial charge in [0.1, 0.15) is 0 Å². The molecule has 0 aliphatic heterocycles. The van der Waals surface area contributed by atoms with Gasteiger partial charge in [0.25, 0.3) is 0 Å². The molecule has 0 spiro atoms. The summed E-state index contributed by atoms with van der Waals surface area (Å²) in [6.45, 7) is 0. The minimum absolute atomic E-state index is 0.467. The first-order valence-electron chi connectivity index (χ1n) is 13.2. The van der Waals surface area contributed by atoms with Crippen LogP contribution in [-0.4, -0.2) is 0 Å². The van der Waals surface area contributed by atoms with Crippen molar-refractivity contribution in [2.24, 2.45) is 0 Å². The van der Waals surface area contributed by atoms with Crippen molar-refractivity contribution in [2.75, 3.05) is 0 Å². The van der Waals surface area contributed by atoms with E-state index in [0.717, 1.165) is 16.1 Å². The molecular weight excluding hydrogens is 512 g/mol. The number of halogens is 1. The van der Waals surface area contributed by atoms with Crippen LogP contribution >= 0.6 is 22.9 Å². The Morgan fingerprint density at radius 3 is 1.79 bits per heavy atom. The van der Waals surface area contributed by atoms with Gasteiger partial charge in [-0.25, -0.2) is 0 Å². The Kier molecular flexibility index (Phi) is 5.07. The fraction of sp³-hybridized carbons (Fsp3) is 0.0270. The SMILES string of the molecule is Clc1ccccc1-c1cc(C2(c3ccccc3)c3ccccc3-c3ccccc32)c2sc3ccccc3c2c1. The van der Waals surface area contributed by atoms with Gasteiger partial charge in [-0.05, 0) is 63.2 Å². The number of fused-ring (bicyclic) bond motifs is 6. The maximum atomic E-state index is 6.83. The second kappa shape index (κ2) is 8.68. The van der Waals surface area contributed by atoms with Gasteiger partial charge < -0.3 is 0 Å². The van der Waals surface area contributed by atoms with Crippen LogP contribution in [0.2, 0.25) is 5.02 Å². The molecule has 1 aromatic heterocycles. The van der Waals surface area contributed by atoms with Crippen molar-refractivity contribution in [1.82, 2.24) is 0 Å². The molecule has 0 saturated heterocycles. The highest BCUT2D eigenvalue weighted by atomic mass is 35.5. The zero-order valence-corrected chi connectivity index (χ0v) is 22.6. The van der Waals surface area contributed by atoms with Crippen LogP contribution in [0.25, 0.3) is 42.4 Å². The van der Waals surface area contributed by atoms with Crippen LogP contribution in [0.3, 0.4) is 0 Å². The van der Waals surface area contributed by atoms with E-state index >= 15 is 0 Å². The fourth-order valence-corrected chi connectivity index (χ4v) is 8.14. The van der Waals surface area contributed by atoms with E-state index in [2.05, 4.69) is 127 Å². The lowest BCUT2D eigenvalue weighted by molar-refractivity contribution is 0.778. The summed E-state index contributed by atoms with van der Waals surface area (Å²) in [5.41, 5.74) is 9.57. The Bertz CT molecular complexity index is 1990. The normalized spacial score (nSPS) is 13.5. The van der Waals surface area contributed by atoms with Crippen LogP contribution in [0.15, 0.2) is 140 Å². The van der Waals surface area contributed by atoms with Gasteiger partial charge in [0.15, 0.2) is 0 Å². The molecule has 0 saturated carbocycles.